The van der Waals surface area contributed by atoms with Gasteiger partial charge in [-0.15, -0.1) is 0 Å². The summed E-state index contributed by atoms with van der Waals surface area (Å²) in [5.74, 6) is 1.77. The Bertz CT molecular complexity index is 955. The Labute approximate surface area is 164 Å². The van der Waals surface area contributed by atoms with Crippen LogP contribution in [0.25, 0.3) is 0 Å². The number of pyridine rings is 1. The Kier molecular flexibility index (Phi) is 6.11. The summed E-state index contributed by atoms with van der Waals surface area (Å²) in [5, 5.41) is 6.14. The van der Waals surface area contributed by atoms with Crippen molar-refractivity contribution < 1.29 is 14.3 Å². The summed E-state index contributed by atoms with van der Waals surface area (Å²) >= 11 is 0. The topological polar surface area (TPSA) is 72.5 Å². The molecule has 144 valence electrons. The van der Waals surface area contributed by atoms with E-state index in [0.717, 1.165) is 16.8 Å². The number of rotatable bonds is 7. The molecule has 6 nitrogen and oxygen atoms in total. The van der Waals surface area contributed by atoms with Crippen LogP contribution in [0.2, 0.25) is 0 Å². The molecule has 3 aromatic rings. The van der Waals surface area contributed by atoms with Crippen molar-refractivity contribution in [1.29, 1.82) is 0 Å². The minimum atomic E-state index is -0.190. The Balaban J connectivity index is 1.61. The van der Waals surface area contributed by atoms with Gasteiger partial charge in [-0.25, -0.2) is 4.98 Å². The zero-order chi connectivity index (χ0) is 19.9. The maximum atomic E-state index is 12.4. The van der Waals surface area contributed by atoms with Crippen LogP contribution in [-0.4, -0.2) is 25.1 Å². The number of benzene rings is 2. The highest BCUT2D eigenvalue weighted by Crippen LogP contribution is 2.27. The zero-order valence-corrected chi connectivity index (χ0v) is 16.2. The molecule has 0 fully saturated rings. The number of anilines is 2. The van der Waals surface area contributed by atoms with Gasteiger partial charge in [-0.05, 0) is 48.4 Å². The van der Waals surface area contributed by atoms with Gasteiger partial charge in [-0.1, -0.05) is 24.3 Å². The molecule has 0 unspecified atom stereocenters. The van der Waals surface area contributed by atoms with Crippen molar-refractivity contribution in [2.24, 2.45) is 0 Å². The van der Waals surface area contributed by atoms with E-state index in [4.69, 9.17) is 9.47 Å². The summed E-state index contributed by atoms with van der Waals surface area (Å²) < 4.78 is 10.5. The Morgan fingerprint density at radius 3 is 2.46 bits per heavy atom. The summed E-state index contributed by atoms with van der Waals surface area (Å²) in [6.45, 7) is 2.40. The molecule has 0 spiro atoms. The summed E-state index contributed by atoms with van der Waals surface area (Å²) in [6, 6.07) is 17.0. The lowest BCUT2D eigenvalue weighted by Gasteiger charge is -2.11. The average molecular weight is 377 g/mol. The fraction of sp³-hybridized carbons (Fsp3) is 0.182. The van der Waals surface area contributed by atoms with Crippen molar-refractivity contribution >= 4 is 17.4 Å². The predicted octanol–water partition coefficient (Wildman–Crippen LogP) is 4.08. The summed E-state index contributed by atoms with van der Waals surface area (Å²) in [4.78, 5) is 16.7. The average Bonchev–Trinajstić information content (AvgIpc) is 2.74. The number of carbonyl (C=O) groups is 1. The van der Waals surface area contributed by atoms with Crippen molar-refractivity contribution in [1.82, 2.24) is 10.3 Å². The first-order valence-corrected chi connectivity index (χ1v) is 8.88. The Morgan fingerprint density at radius 2 is 1.79 bits per heavy atom. The first-order chi connectivity index (χ1) is 13.6. The number of methoxy groups -OCH3 is 2. The van der Waals surface area contributed by atoms with Crippen molar-refractivity contribution in [2.45, 2.75) is 13.5 Å². The molecule has 0 saturated heterocycles. The van der Waals surface area contributed by atoms with E-state index in [1.54, 1.807) is 32.5 Å². The van der Waals surface area contributed by atoms with Gasteiger partial charge in [0.2, 0.25) is 0 Å². The van der Waals surface area contributed by atoms with Gasteiger partial charge in [0.05, 0.1) is 19.8 Å². The second kappa shape index (κ2) is 8.90. The van der Waals surface area contributed by atoms with E-state index in [9.17, 15) is 4.79 Å². The maximum absolute atomic E-state index is 12.4. The second-order valence-electron chi connectivity index (χ2n) is 6.24. The molecule has 0 saturated carbocycles. The second-order valence-corrected chi connectivity index (χ2v) is 6.24. The maximum Gasteiger partial charge on any atom is 0.253 e. The number of ether oxygens (including phenoxy) is 2. The largest absolute Gasteiger partial charge is 0.493 e. The minimum Gasteiger partial charge on any atom is -0.493 e. The molecule has 1 heterocycles. The molecule has 1 aromatic heterocycles. The lowest BCUT2D eigenvalue weighted by molar-refractivity contribution is 0.0950. The van der Waals surface area contributed by atoms with E-state index in [2.05, 4.69) is 15.6 Å². The van der Waals surface area contributed by atoms with Gasteiger partial charge >= 0.3 is 0 Å². The minimum absolute atomic E-state index is 0.190. The van der Waals surface area contributed by atoms with Crippen molar-refractivity contribution in [3.05, 3.63) is 77.5 Å². The molecule has 1 amide bonds. The normalized spacial score (nSPS) is 10.2. The zero-order valence-electron chi connectivity index (χ0n) is 16.2. The standard InChI is InChI=1S/C22H23N3O3/c1-15-6-4-5-7-18(15)25-21-11-9-17(14-23-21)22(26)24-13-16-8-10-19(27-2)20(12-16)28-3/h4-12,14H,13H2,1-3H3,(H,23,25)(H,24,26). The van der Waals surface area contributed by atoms with Crippen LogP contribution in [0.1, 0.15) is 21.5 Å². The van der Waals surface area contributed by atoms with Crippen LogP contribution in [0.3, 0.4) is 0 Å². The van der Waals surface area contributed by atoms with Crippen LogP contribution in [0.15, 0.2) is 60.8 Å². The fourth-order valence-electron chi connectivity index (χ4n) is 2.73. The number of aryl methyl sites for hydroxylation is 1. The quantitative estimate of drug-likeness (QED) is 0.649. The molecule has 0 bridgehead atoms. The number of nitrogens with one attached hydrogen (secondary N) is 2. The molecule has 0 aliphatic carbocycles. The third-order valence-corrected chi connectivity index (χ3v) is 4.33. The summed E-state index contributed by atoms with van der Waals surface area (Å²) in [7, 11) is 3.17. The highest BCUT2D eigenvalue weighted by molar-refractivity contribution is 5.94. The third-order valence-electron chi connectivity index (χ3n) is 4.33. The van der Waals surface area contributed by atoms with Crippen molar-refractivity contribution in [3.8, 4) is 11.5 Å². The van der Waals surface area contributed by atoms with E-state index < -0.39 is 0 Å². The number of hydrogen-bond donors (Lipinski definition) is 2. The van der Waals surface area contributed by atoms with Crippen LogP contribution < -0.4 is 20.1 Å². The molecule has 3 rings (SSSR count). The van der Waals surface area contributed by atoms with E-state index in [-0.39, 0.29) is 5.91 Å². The van der Waals surface area contributed by atoms with E-state index in [1.807, 2.05) is 49.4 Å². The summed E-state index contributed by atoms with van der Waals surface area (Å²) in [6.07, 6.45) is 1.56. The molecular weight excluding hydrogens is 354 g/mol. The SMILES string of the molecule is COc1ccc(CNC(=O)c2ccc(Nc3ccccc3C)nc2)cc1OC. The lowest BCUT2D eigenvalue weighted by atomic mass is 10.2. The fourth-order valence-corrected chi connectivity index (χ4v) is 2.73. The van der Waals surface area contributed by atoms with Crippen molar-refractivity contribution in [3.63, 3.8) is 0 Å². The van der Waals surface area contributed by atoms with E-state index in [0.29, 0.717) is 29.4 Å². The van der Waals surface area contributed by atoms with Crippen LogP contribution >= 0.6 is 0 Å². The number of amides is 1. The molecule has 0 aliphatic rings. The van der Waals surface area contributed by atoms with Crippen molar-refractivity contribution in [2.75, 3.05) is 19.5 Å². The van der Waals surface area contributed by atoms with Gasteiger partial charge in [-0.3, -0.25) is 4.79 Å². The van der Waals surface area contributed by atoms with Gasteiger partial charge in [0.15, 0.2) is 11.5 Å². The van der Waals surface area contributed by atoms with Gasteiger partial charge < -0.3 is 20.1 Å². The van der Waals surface area contributed by atoms with E-state index >= 15 is 0 Å². The molecule has 0 atom stereocenters. The molecule has 0 radical (unpaired) electrons. The molecule has 0 aliphatic heterocycles. The van der Waals surface area contributed by atoms with Crippen LogP contribution in [0, 0.1) is 6.92 Å². The molecule has 6 heteroatoms. The molecule has 28 heavy (non-hydrogen) atoms. The molecule has 2 N–H and O–H groups in total. The molecular formula is C22H23N3O3. The monoisotopic (exact) mass is 377 g/mol. The predicted molar refractivity (Wildman–Crippen MR) is 109 cm³/mol. The third kappa shape index (κ3) is 4.59. The van der Waals surface area contributed by atoms with Gasteiger partial charge in [0.25, 0.3) is 5.91 Å². The first kappa shape index (κ1) is 19.2. The van der Waals surface area contributed by atoms with Crippen LogP contribution in [0.4, 0.5) is 11.5 Å². The van der Waals surface area contributed by atoms with Crippen LogP contribution in [-0.2, 0) is 6.54 Å². The number of nitrogens with zero attached hydrogens (tertiary/aromatic N) is 1. The smallest absolute Gasteiger partial charge is 0.253 e. The first-order valence-electron chi connectivity index (χ1n) is 8.88. The van der Waals surface area contributed by atoms with Gasteiger partial charge in [0, 0.05) is 18.4 Å². The van der Waals surface area contributed by atoms with Gasteiger partial charge in [0.1, 0.15) is 5.82 Å². The number of para-hydroxylation sites is 1. The van der Waals surface area contributed by atoms with E-state index in [1.165, 1.54) is 0 Å². The Morgan fingerprint density at radius 1 is 1.00 bits per heavy atom. The number of carbonyl (C=O) groups excluding carboxylic acids is 1. The number of aromatic nitrogens is 1. The van der Waals surface area contributed by atoms with Crippen LogP contribution in [0.5, 0.6) is 11.5 Å². The number of hydrogen-bond acceptors (Lipinski definition) is 5. The Hall–Kier alpha value is -3.54. The summed E-state index contributed by atoms with van der Waals surface area (Å²) in [5.41, 5.74) is 3.52. The highest BCUT2D eigenvalue weighted by Gasteiger charge is 2.09. The lowest BCUT2D eigenvalue weighted by Crippen LogP contribution is -2.23. The molecule has 2 aromatic carbocycles. The highest BCUT2D eigenvalue weighted by atomic mass is 16.5. The van der Waals surface area contributed by atoms with Gasteiger partial charge in [-0.2, -0.15) is 0 Å².